The molecule has 1 atom stereocenters. The topological polar surface area (TPSA) is 36.8 Å². The molecule has 0 saturated heterocycles. The molecule has 0 saturated carbocycles. The zero-order chi connectivity index (χ0) is 35.8. The Labute approximate surface area is 314 Å². The highest BCUT2D eigenvalue weighted by Crippen LogP contribution is 2.39. The van der Waals surface area contributed by atoms with Gasteiger partial charge in [-0.15, -0.1) is 0 Å². The molecule has 3 nitrogen and oxygen atoms in total. The number of hydrogen-bond donors (Lipinski definition) is 1. The van der Waals surface area contributed by atoms with Gasteiger partial charge >= 0.3 is 0 Å². The van der Waals surface area contributed by atoms with E-state index in [0.717, 1.165) is 28.1 Å². The molecule has 1 N–H and O–H groups in total. The van der Waals surface area contributed by atoms with Crippen molar-refractivity contribution >= 4 is 44.0 Å². The number of amidine groups is 2. The first-order valence-electron chi connectivity index (χ1n) is 18.4. The predicted molar refractivity (Wildman–Crippen MR) is 227 cm³/mol. The van der Waals surface area contributed by atoms with Crippen molar-refractivity contribution in [2.45, 2.75) is 6.17 Å². The Morgan fingerprint density at radius 2 is 0.926 bits per heavy atom. The predicted octanol–water partition coefficient (Wildman–Crippen LogP) is 12.6. The van der Waals surface area contributed by atoms with Crippen LogP contribution in [0.5, 0.6) is 0 Å². The second-order valence-electron chi connectivity index (χ2n) is 13.8. The molecule has 10 rings (SSSR count). The monoisotopic (exact) mass is 689 g/mol. The molecule has 54 heavy (non-hydrogen) atoms. The molecule has 0 bridgehead atoms. The number of nitrogens with one attached hydrogen (secondary N) is 1. The summed E-state index contributed by atoms with van der Waals surface area (Å²) in [5.41, 5.74) is 10.3. The fourth-order valence-electron chi connectivity index (χ4n) is 7.77. The highest BCUT2D eigenvalue weighted by Gasteiger charge is 2.21. The first-order valence-corrected chi connectivity index (χ1v) is 18.4. The minimum absolute atomic E-state index is 0.240. The van der Waals surface area contributed by atoms with Crippen molar-refractivity contribution < 1.29 is 0 Å². The van der Waals surface area contributed by atoms with E-state index in [1.807, 2.05) is 24.3 Å². The molecule has 9 aromatic carbocycles. The highest BCUT2D eigenvalue weighted by molar-refractivity contribution is 6.13. The summed E-state index contributed by atoms with van der Waals surface area (Å²) >= 11 is 0. The number of benzene rings is 9. The minimum atomic E-state index is -0.240. The average molecular weight is 690 g/mol. The van der Waals surface area contributed by atoms with Crippen LogP contribution in [0, 0.1) is 0 Å². The maximum Gasteiger partial charge on any atom is 0.159 e. The zero-order valence-electron chi connectivity index (χ0n) is 29.5. The summed E-state index contributed by atoms with van der Waals surface area (Å²) in [6.45, 7) is 0. The largest absolute Gasteiger partial charge is 0.344 e. The Balaban J connectivity index is 1.02. The summed E-state index contributed by atoms with van der Waals surface area (Å²) in [7, 11) is 0. The van der Waals surface area contributed by atoms with E-state index in [1.54, 1.807) is 0 Å². The molecule has 1 aliphatic heterocycles. The van der Waals surface area contributed by atoms with E-state index in [0.29, 0.717) is 5.84 Å². The van der Waals surface area contributed by atoms with Gasteiger partial charge in [-0.1, -0.05) is 194 Å². The number of rotatable bonds is 6. The normalized spacial score (nSPS) is 14.1. The molecule has 1 unspecified atom stereocenters. The molecule has 0 fully saturated rings. The van der Waals surface area contributed by atoms with E-state index >= 15 is 0 Å². The Hall–Kier alpha value is -7.10. The molecular weight excluding hydrogens is 655 g/mol. The van der Waals surface area contributed by atoms with E-state index < -0.39 is 0 Å². The summed E-state index contributed by atoms with van der Waals surface area (Å²) in [6, 6.07) is 71.4. The van der Waals surface area contributed by atoms with Crippen LogP contribution in [0.1, 0.15) is 22.9 Å². The van der Waals surface area contributed by atoms with Gasteiger partial charge in [0, 0.05) is 11.1 Å². The Morgan fingerprint density at radius 1 is 0.370 bits per heavy atom. The molecule has 254 valence electrons. The molecule has 0 spiro atoms. The van der Waals surface area contributed by atoms with Gasteiger partial charge in [0.2, 0.25) is 0 Å². The Bertz CT molecular complexity index is 2870. The fraction of sp³-hybridized carbons (Fsp3) is 0.0196. The minimum Gasteiger partial charge on any atom is -0.344 e. The lowest BCUT2D eigenvalue weighted by molar-refractivity contribution is 0.674. The van der Waals surface area contributed by atoms with E-state index in [1.165, 1.54) is 60.1 Å². The van der Waals surface area contributed by atoms with Gasteiger partial charge in [-0.3, -0.25) is 0 Å². The maximum atomic E-state index is 5.10. The van der Waals surface area contributed by atoms with Crippen LogP contribution < -0.4 is 5.32 Å². The van der Waals surface area contributed by atoms with Crippen molar-refractivity contribution in [3.05, 3.63) is 217 Å². The van der Waals surface area contributed by atoms with E-state index in [9.17, 15) is 0 Å². The number of aliphatic imine (C=N–C) groups is 2. The zero-order valence-corrected chi connectivity index (χ0v) is 29.5. The van der Waals surface area contributed by atoms with Gasteiger partial charge in [-0.05, 0) is 77.3 Å². The van der Waals surface area contributed by atoms with Crippen molar-refractivity contribution in [3.8, 4) is 33.4 Å². The lowest BCUT2D eigenvalue weighted by Crippen LogP contribution is -2.33. The molecule has 3 heteroatoms. The third-order valence-corrected chi connectivity index (χ3v) is 10.5. The van der Waals surface area contributed by atoms with Crippen LogP contribution in [-0.4, -0.2) is 11.7 Å². The summed E-state index contributed by atoms with van der Waals surface area (Å²) in [5, 5.41) is 11.1. The lowest BCUT2D eigenvalue weighted by atomic mass is 9.88. The maximum absolute atomic E-state index is 5.10. The van der Waals surface area contributed by atoms with Crippen LogP contribution in [0.25, 0.3) is 65.7 Å². The lowest BCUT2D eigenvalue weighted by Gasteiger charge is -2.23. The van der Waals surface area contributed by atoms with Crippen molar-refractivity contribution in [1.82, 2.24) is 5.32 Å². The molecule has 0 aliphatic carbocycles. The first kappa shape index (κ1) is 31.6. The van der Waals surface area contributed by atoms with Crippen molar-refractivity contribution in [2.75, 3.05) is 0 Å². The van der Waals surface area contributed by atoms with Crippen molar-refractivity contribution in [2.24, 2.45) is 9.98 Å². The van der Waals surface area contributed by atoms with Crippen LogP contribution in [0.3, 0.4) is 0 Å². The smallest absolute Gasteiger partial charge is 0.159 e. The van der Waals surface area contributed by atoms with Gasteiger partial charge in [0.05, 0.1) is 0 Å². The second kappa shape index (κ2) is 13.5. The summed E-state index contributed by atoms with van der Waals surface area (Å²) in [4.78, 5) is 10.1. The van der Waals surface area contributed by atoms with Gasteiger partial charge in [-0.25, -0.2) is 9.98 Å². The summed E-state index contributed by atoms with van der Waals surface area (Å²) in [5.74, 6) is 1.53. The fourth-order valence-corrected chi connectivity index (χ4v) is 7.77. The van der Waals surface area contributed by atoms with E-state index in [-0.39, 0.29) is 6.17 Å². The number of hydrogen-bond acceptors (Lipinski definition) is 3. The molecule has 9 aromatic rings. The number of nitrogens with zero attached hydrogens (tertiary/aromatic N) is 2. The molecular formula is C51H35N3. The second-order valence-corrected chi connectivity index (χ2v) is 13.8. The Morgan fingerprint density at radius 3 is 1.70 bits per heavy atom. The van der Waals surface area contributed by atoms with Gasteiger partial charge in [0.1, 0.15) is 12.0 Å². The SMILES string of the molecule is c1ccc(C2=NC(c3ccc(-c4c(-c5ccc(-c6ccc7c(ccc8ccccc87)c6)cc5)ccc5ccccc45)cc3)=NC(c3ccccc3)N2)cc1. The summed E-state index contributed by atoms with van der Waals surface area (Å²) < 4.78 is 0. The van der Waals surface area contributed by atoms with E-state index in [4.69, 9.17) is 9.98 Å². The highest BCUT2D eigenvalue weighted by atomic mass is 15.2. The van der Waals surface area contributed by atoms with Gasteiger partial charge < -0.3 is 5.32 Å². The standard InChI is InChI=1S/C51H35N3/c1-3-13-39(14-4-1)49-52-50(40-15-5-2-6-16-40)54-51(53-49)41-26-24-38(25-27-41)48-46-18-10-8-12-36(46)29-32-47(48)37-21-19-34(20-22-37)42-30-31-45-43(33-42)28-23-35-11-7-9-17-44(35)45/h1-33,49H,(H,52,53,54). The first-order chi connectivity index (χ1) is 26.7. The molecule has 0 amide bonds. The van der Waals surface area contributed by atoms with Gasteiger partial charge in [0.25, 0.3) is 0 Å². The third-order valence-electron chi connectivity index (χ3n) is 10.5. The van der Waals surface area contributed by atoms with Crippen molar-refractivity contribution in [3.63, 3.8) is 0 Å². The van der Waals surface area contributed by atoms with E-state index in [2.05, 4.69) is 181 Å². The average Bonchev–Trinajstić information content (AvgIpc) is 3.26. The van der Waals surface area contributed by atoms with Crippen LogP contribution in [0.15, 0.2) is 210 Å². The third kappa shape index (κ3) is 5.82. The van der Waals surface area contributed by atoms with Gasteiger partial charge in [-0.2, -0.15) is 0 Å². The summed E-state index contributed by atoms with van der Waals surface area (Å²) in [6.07, 6.45) is -0.240. The quantitative estimate of drug-likeness (QED) is 0.173. The molecule has 0 radical (unpaired) electrons. The van der Waals surface area contributed by atoms with Crippen LogP contribution in [0.4, 0.5) is 0 Å². The number of fused-ring (bicyclic) bond motifs is 4. The Kier molecular flexibility index (Phi) is 7.88. The van der Waals surface area contributed by atoms with Crippen LogP contribution in [-0.2, 0) is 0 Å². The molecule has 1 aliphatic rings. The molecule has 0 aromatic heterocycles. The van der Waals surface area contributed by atoms with Gasteiger partial charge in [0.15, 0.2) is 5.84 Å². The van der Waals surface area contributed by atoms with Crippen LogP contribution in [0.2, 0.25) is 0 Å². The van der Waals surface area contributed by atoms with Crippen molar-refractivity contribution in [1.29, 1.82) is 0 Å². The van der Waals surface area contributed by atoms with Crippen LogP contribution >= 0.6 is 0 Å². The molecule has 1 heterocycles.